The molecule has 0 nitrogen and oxygen atoms in total. The van der Waals surface area contributed by atoms with Crippen molar-refractivity contribution in [2.75, 3.05) is 0 Å². The number of fused-ring (bicyclic) bond motifs is 1. The number of hydrogen-bond acceptors (Lipinski definition) is 0. The number of halogens is 3. The van der Waals surface area contributed by atoms with Crippen molar-refractivity contribution in [3.05, 3.63) is 77.6 Å². The standard InChI is InChI=1S/C27H27F3/c1-2-3-18-4-6-19(7-5-18)20-8-10-21(11-9-20)22-14-15-25-23(16-22)12-13-24(27(25)30)17-26(28)29/h8-19H,2-7H2,1H3. The van der Waals surface area contributed by atoms with Gasteiger partial charge >= 0.3 is 0 Å². The monoisotopic (exact) mass is 408 g/mol. The summed E-state index contributed by atoms with van der Waals surface area (Å²) in [6.07, 6.45) is 6.52. The molecule has 4 rings (SSSR count). The normalized spacial score (nSPS) is 19.1. The summed E-state index contributed by atoms with van der Waals surface area (Å²) < 4.78 is 39.5. The summed E-state index contributed by atoms with van der Waals surface area (Å²) in [7, 11) is 0. The fourth-order valence-corrected chi connectivity index (χ4v) is 4.86. The minimum Gasteiger partial charge on any atom is -0.206 e. The van der Waals surface area contributed by atoms with Gasteiger partial charge in [-0.05, 0) is 65.7 Å². The first-order valence-electron chi connectivity index (χ1n) is 10.9. The molecule has 0 atom stereocenters. The Hall–Kier alpha value is -2.55. The Morgan fingerprint density at radius 3 is 2.27 bits per heavy atom. The van der Waals surface area contributed by atoms with Gasteiger partial charge in [0.1, 0.15) is 5.82 Å². The first kappa shape index (κ1) is 20.7. The van der Waals surface area contributed by atoms with E-state index < -0.39 is 11.9 Å². The molecule has 0 spiro atoms. The van der Waals surface area contributed by atoms with E-state index in [9.17, 15) is 13.2 Å². The number of rotatable bonds is 5. The molecule has 0 bridgehead atoms. The van der Waals surface area contributed by atoms with Crippen LogP contribution in [0.3, 0.4) is 0 Å². The molecule has 3 heteroatoms. The topological polar surface area (TPSA) is 0 Å². The van der Waals surface area contributed by atoms with Gasteiger partial charge in [-0.25, -0.2) is 4.39 Å². The van der Waals surface area contributed by atoms with Crippen molar-refractivity contribution in [2.45, 2.75) is 51.4 Å². The van der Waals surface area contributed by atoms with Gasteiger partial charge in [-0.2, -0.15) is 8.78 Å². The Morgan fingerprint density at radius 1 is 0.900 bits per heavy atom. The van der Waals surface area contributed by atoms with Crippen molar-refractivity contribution in [1.29, 1.82) is 0 Å². The second-order valence-electron chi connectivity index (χ2n) is 8.47. The van der Waals surface area contributed by atoms with Crippen LogP contribution in [0.2, 0.25) is 0 Å². The van der Waals surface area contributed by atoms with E-state index >= 15 is 0 Å². The molecule has 30 heavy (non-hydrogen) atoms. The van der Waals surface area contributed by atoms with E-state index in [0.29, 0.717) is 22.8 Å². The summed E-state index contributed by atoms with van der Waals surface area (Å²) in [6, 6.07) is 17.3. The van der Waals surface area contributed by atoms with Crippen LogP contribution in [0.25, 0.3) is 28.0 Å². The Bertz CT molecular complexity index is 1040. The number of benzene rings is 3. The Balaban J connectivity index is 1.53. The zero-order chi connectivity index (χ0) is 21.1. The van der Waals surface area contributed by atoms with Gasteiger partial charge in [0.05, 0.1) is 0 Å². The molecule has 3 aromatic carbocycles. The molecule has 1 aliphatic carbocycles. The molecule has 0 amide bonds. The van der Waals surface area contributed by atoms with Gasteiger partial charge in [0, 0.05) is 17.0 Å². The predicted molar refractivity (Wildman–Crippen MR) is 119 cm³/mol. The molecule has 156 valence electrons. The molecular formula is C27H27F3. The van der Waals surface area contributed by atoms with Crippen LogP contribution in [0.4, 0.5) is 13.2 Å². The Morgan fingerprint density at radius 2 is 1.60 bits per heavy atom. The summed E-state index contributed by atoms with van der Waals surface area (Å²) in [6.45, 7) is 2.27. The summed E-state index contributed by atoms with van der Waals surface area (Å²) in [5.41, 5.74) is 3.40. The van der Waals surface area contributed by atoms with E-state index in [2.05, 4.69) is 31.2 Å². The van der Waals surface area contributed by atoms with E-state index in [1.807, 2.05) is 12.1 Å². The van der Waals surface area contributed by atoms with Gasteiger partial charge in [-0.15, -0.1) is 0 Å². The third kappa shape index (κ3) is 4.45. The SMILES string of the molecule is CCCC1CCC(c2ccc(-c3ccc4c(F)c(C=C(F)F)ccc4c3)cc2)CC1. The smallest absolute Gasteiger partial charge is 0.206 e. The van der Waals surface area contributed by atoms with Crippen molar-refractivity contribution in [3.8, 4) is 11.1 Å². The lowest BCUT2D eigenvalue weighted by Crippen LogP contribution is -2.13. The van der Waals surface area contributed by atoms with Crippen molar-refractivity contribution in [2.24, 2.45) is 5.92 Å². The fourth-order valence-electron chi connectivity index (χ4n) is 4.86. The average molecular weight is 409 g/mol. The van der Waals surface area contributed by atoms with Gasteiger partial charge in [0.2, 0.25) is 0 Å². The maximum absolute atomic E-state index is 14.5. The molecule has 0 unspecified atom stereocenters. The lowest BCUT2D eigenvalue weighted by Gasteiger charge is -2.28. The van der Waals surface area contributed by atoms with Crippen molar-refractivity contribution >= 4 is 16.8 Å². The van der Waals surface area contributed by atoms with Crippen LogP contribution in [-0.4, -0.2) is 0 Å². The fraction of sp³-hybridized carbons (Fsp3) is 0.333. The Labute approximate surface area is 176 Å². The summed E-state index contributed by atoms with van der Waals surface area (Å²) in [5, 5.41) is 1.06. The van der Waals surface area contributed by atoms with E-state index in [1.165, 1.54) is 50.2 Å². The quantitative estimate of drug-likeness (QED) is 0.395. The van der Waals surface area contributed by atoms with Crippen LogP contribution in [0.1, 0.15) is 62.5 Å². The minimum absolute atomic E-state index is 0.0896. The molecule has 0 aliphatic heterocycles. The molecule has 1 fully saturated rings. The second-order valence-corrected chi connectivity index (χ2v) is 8.47. The minimum atomic E-state index is -1.90. The highest BCUT2D eigenvalue weighted by Crippen LogP contribution is 2.38. The van der Waals surface area contributed by atoms with Gasteiger partial charge in [-0.1, -0.05) is 68.3 Å². The summed E-state index contributed by atoms with van der Waals surface area (Å²) in [4.78, 5) is 0. The van der Waals surface area contributed by atoms with Crippen LogP contribution in [-0.2, 0) is 0 Å². The summed E-state index contributed by atoms with van der Waals surface area (Å²) in [5.74, 6) is 0.946. The lowest BCUT2D eigenvalue weighted by atomic mass is 9.77. The highest BCUT2D eigenvalue weighted by atomic mass is 19.3. The van der Waals surface area contributed by atoms with Crippen LogP contribution >= 0.6 is 0 Å². The molecule has 0 saturated heterocycles. The highest BCUT2D eigenvalue weighted by Gasteiger charge is 2.21. The van der Waals surface area contributed by atoms with Crippen LogP contribution in [0, 0.1) is 11.7 Å². The molecule has 0 N–H and O–H groups in total. The van der Waals surface area contributed by atoms with Gasteiger partial charge < -0.3 is 0 Å². The second kappa shape index (κ2) is 9.07. The third-order valence-corrected chi connectivity index (χ3v) is 6.51. The molecule has 0 aromatic heterocycles. The third-order valence-electron chi connectivity index (χ3n) is 6.51. The van der Waals surface area contributed by atoms with Crippen LogP contribution in [0.15, 0.2) is 60.7 Å². The van der Waals surface area contributed by atoms with Gasteiger partial charge in [0.15, 0.2) is 0 Å². The Kier molecular flexibility index (Phi) is 6.26. The first-order valence-corrected chi connectivity index (χ1v) is 10.9. The van der Waals surface area contributed by atoms with E-state index in [4.69, 9.17) is 0 Å². The molecule has 3 aromatic rings. The molecule has 0 radical (unpaired) electrons. The van der Waals surface area contributed by atoms with E-state index in [-0.39, 0.29) is 5.56 Å². The predicted octanol–water partition coefficient (Wildman–Crippen LogP) is 8.96. The highest BCUT2D eigenvalue weighted by molar-refractivity contribution is 5.89. The zero-order valence-corrected chi connectivity index (χ0v) is 17.3. The lowest BCUT2D eigenvalue weighted by molar-refractivity contribution is 0.308. The molecule has 0 heterocycles. The van der Waals surface area contributed by atoms with Crippen LogP contribution in [0.5, 0.6) is 0 Å². The zero-order valence-electron chi connectivity index (χ0n) is 17.3. The van der Waals surface area contributed by atoms with Crippen molar-refractivity contribution < 1.29 is 13.2 Å². The van der Waals surface area contributed by atoms with Gasteiger partial charge in [0.25, 0.3) is 6.08 Å². The summed E-state index contributed by atoms with van der Waals surface area (Å²) >= 11 is 0. The van der Waals surface area contributed by atoms with Crippen LogP contribution < -0.4 is 0 Å². The molecule has 1 saturated carbocycles. The van der Waals surface area contributed by atoms with Crippen molar-refractivity contribution in [3.63, 3.8) is 0 Å². The maximum Gasteiger partial charge on any atom is 0.271 e. The van der Waals surface area contributed by atoms with Crippen molar-refractivity contribution in [1.82, 2.24) is 0 Å². The van der Waals surface area contributed by atoms with E-state index in [1.54, 1.807) is 12.1 Å². The van der Waals surface area contributed by atoms with E-state index in [0.717, 1.165) is 17.0 Å². The maximum atomic E-state index is 14.5. The first-order chi connectivity index (χ1) is 14.5. The average Bonchev–Trinajstić information content (AvgIpc) is 2.76. The molecule has 1 aliphatic rings. The molecular weight excluding hydrogens is 381 g/mol. The number of hydrogen-bond donors (Lipinski definition) is 0. The largest absolute Gasteiger partial charge is 0.271 e. The van der Waals surface area contributed by atoms with Gasteiger partial charge in [-0.3, -0.25) is 0 Å².